The molecule has 0 fully saturated rings. The first kappa shape index (κ1) is 19.9. The minimum absolute atomic E-state index is 0.590. The van der Waals surface area contributed by atoms with Crippen LogP contribution in [0.3, 0.4) is 0 Å². The van der Waals surface area contributed by atoms with Gasteiger partial charge in [-0.15, -0.1) is 0 Å². The molecule has 0 radical (unpaired) electrons. The molecule has 0 atom stereocenters. The molecule has 0 amide bonds. The summed E-state index contributed by atoms with van der Waals surface area (Å²) in [6.45, 7) is 10.2. The van der Waals surface area contributed by atoms with Crippen molar-refractivity contribution >= 4 is 7.32 Å². The Hall–Kier alpha value is -0.0551. The fraction of sp³-hybridized carbons (Fsp3) is 1.00. The molecule has 0 aromatic carbocycles. The maximum atomic E-state index is 9.49. The molecule has 0 unspecified atom stereocenters. The zero-order valence-electron chi connectivity index (χ0n) is 14.1. The Labute approximate surface area is 126 Å². The molecule has 0 aliphatic rings. The van der Waals surface area contributed by atoms with Crippen molar-refractivity contribution in [1.29, 1.82) is 0 Å². The van der Waals surface area contributed by atoms with Crippen LogP contribution >= 0.6 is 0 Å². The predicted octanol–water partition coefficient (Wildman–Crippen LogP) is 4.43. The molecule has 1 N–H and O–H groups in total. The second kappa shape index (κ2) is 13.9. The highest BCUT2D eigenvalue weighted by atomic mass is 16.7. The SMILES string of the molecule is CC(C)CCCCCOB(O)OCCCCCC(C)C. The van der Waals surface area contributed by atoms with Crippen LogP contribution in [-0.4, -0.2) is 25.6 Å². The smallest absolute Gasteiger partial charge is 0.402 e. The van der Waals surface area contributed by atoms with Gasteiger partial charge in [-0.25, -0.2) is 0 Å². The van der Waals surface area contributed by atoms with E-state index in [4.69, 9.17) is 9.31 Å². The summed E-state index contributed by atoms with van der Waals surface area (Å²) in [5.41, 5.74) is 0. The summed E-state index contributed by atoms with van der Waals surface area (Å²) >= 11 is 0. The minimum atomic E-state index is -1.04. The summed E-state index contributed by atoms with van der Waals surface area (Å²) in [5.74, 6) is 1.56. The number of hydrogen-bond acceptors (Lipinski definition) is 3. The van der Waals surface area contributed by atoms with E-state index in [1.807, 2.05) is 0 Å². The molecule has 4 heteroatoms. The van der Waals surface area contributed by atoms with E-state index in [2.05, 4.69) is 27.7 Å². The van der Waals surface area contributed by atoms with Crippen LogP contribution in [0.25, 0.3) is 0 Å². The number of unbranched alkanes of at least 4 members (excludes halogenated alkanes) is 4. The Morgan fingerprint density at radius 2 is 1.10 bits per heavy atom. The monoisotopic (exact) mass is 286 g/mol. The van der Waals surface area contributed by atoms with Gasteiger partial charge in [0.05, 0.1) is 0 Å². The van der Waals surface area contributed by atoms with E-state index in [-0.39, 0.29) is 0 Å². The molecule has 0 bridgehead atoms. The van der Waals surface area contributed by atoms with Crippen molar-refractivity contribution in [3.63, 3.8) is 0 Å². The van der Waals surface area contributed by atoms with Crippen LogP contribution in [0.1, 0.15) is 79.1 Å². The van der Waals surface area contributed by atoms with Crippen LogP contribution in [0.2, 0.25) is 0 Å². The Morgan fingerprint density at radius 3 is 1.45 bits per heavy atom. The van der Waals surface area contributed by atoms with Gasteiger partial charge >= 0.3 is 7.32 Å². The molecule has 0 aliphatic carbocycles. The van der Waals surface area contributed by atoms with Gasteiger partial charge in [0.15, 0.2) is 0 Å². The summed E-state index contributed by atoms with van der Waals surface area (Å²) in [4.78, 5) is 0. The molecular weight excluding hydrogens is 251 g/mol. The van der Waals surface area contributed by atoms with Gasteiger partial charge in [-0.1, -0.05) is 66.2 Å². The van der Waals surface area contributed by atoms with E-state index >= 15 is 0 Å². The third-order valence-electron chi connectivity index (χ3n) is 3.37. The third-order valence-corrected chi connectivity index (χ3v) is 3.37. The predicted molar refractivity (Wildman–Crippen MR) is 86.5 cm³/mol. The van der Waals surface area contributed by atoms with Crippen LogP contribution in [0.15, 0.2) is 0 Å². The highest BCUT2D eigenvalue weighted by molar-refractivity contribution is 6.34. The van der Waals surface area contributed by atoms with Crippen LogP contribution in [0, 0.1) is 11.8 Å². The Kier molecular flexibility index (Phi) is 13.9. The minimum Gasteiger partial charge on any atom is -0.402 e. The maximum Gasteiger partial charge on any atom is 0.636 e. The summed E-state index contributed by atoms with van der Waals surface area (Å²) in [7, 11) is -1.04. The second-order valence-corrected chi connectivity index (χ2v) is 6.53. The van der Waals surface area contributed by atoms with Crippen molar-refractivity contribution in [1.82, 2.24) is 0 Å². The molecule has 20 heavy (non-hydrogen) atoms. The molecule has 0 rings (SSSR count). The normalized spacial score (nSPS) is 11.6. The summed E-state index contributed by atoms with van der Waals surface area (Å²) < 4.78 is 10.5. The first-order valence-corrected chi connectivity index (χ1v) is 8.43. The van der Waals surface area contributed by atoms with Crippen molar-refractivity contribution in [2.45, 2.75) is 79.1 Å². The van der Waals surface area contributed by atoms with Gasteiger partial charge in [0.25, 0.3) is 0 Å². The van der Waals surface area contributed by atoms with Crippen molar-refractivity contribution < 1.29 is 14.3 Å². The van der Waals surface area contributed by atoms with Crippen LogP contribution < -0.4 is 0 Å². The molecule has 0 aromatic rings. The highest BCUT2D eigenvalue weighted by Crippen LogP contribution is 2.09. The molecular formula is C16H35BO3. The Balaban J connectivity index is 3.18. The molecule has 3 nitrogen and oxygen atoms in total. The zero-order chi connectivity index (χ0) is 15.2. The Bertz CT molecular complexity index is 178. The standard InChI is InChI=1S/C16H35BO3/c1-15(2)11-7-5-9-13-19-17(18)20-14-10-6-8-12-16(3)4/h15-16,18H,5-14H2,1-4H3. The van der Waals surface area contributed by atoms with E-state index in [1.54, 1.807) is 0 Å². The van der Waals surface area contributed by atoms with Gasteiger partial charge in [0, 0.05) is 13.2 Å². The lowest BCUT2D eigenvalue weighted by atomic mass is 10.1. The fourth-order valence-electron chi connectivity index (χ4n) is 2.08. The maximum absolute atomic E-state index is 9.49. The van der Waals surface area contributed by atoms with E-state index in [0.717, 1.165) is 24.7 Å². The lowest BCUT2D eigenvalue weighted by Crippen LogP contribution is -2.23. The van der Waals surface area contributed by atoms with Gasteiger partial charge < -0.3 is 14.3 Å². The molecule has 0 aliphatic heterocycles. The first-order chi connectivity index (χ1) is 9.52. The molecule has 0 saturated carbocycles. The topological polar surface area (TPSA) is 38.7 Å². The van der Waals surface area contributed by atoms with Crippen LogP contribution in [-0.2, 0) is 9.31 Å². The van der Waals surface area contributed by atoms with Gasteiger partial charge in [-0.05, 0) is 24.7 Å². The molecule has 0 saturated heterocycles. The average Bonchev–Trinajstić information content (AvgIpc) is 2.37. The molecule has 120 valence electrons. The van der Waals surface area contributed by atoms with Crippen LogP contribution in [0.4, 0.5) is 0 Å². The van der Waals surface area contributed by atoms with Crippen molar-refractivity contribution in [3.05, 3.63) is 0 Å². The zero-order valence-corrected chi connectivity index (χ0v) is 14.1. The van der Waals surface area contributed by atoms with E-state index < -0.39 is 7.32 Å². The largest absolute Gasteiger partial charge is 0.636 e. The van der Waals surface area contributed by atoms with E-state index in [0.29, 0.717) is 13.2 Å². The summed E-state index contributed by atoms with van der Waals surface area (Å²) in [6, 6.07) is 0. The highest BCUT2D eigenvalue weighted by Gasteiger charge is 2.14. The lowest BCUT2D eigenvalue weighted by Gasteiger charge is -2.09. The van der Waals surface area contributed by atoms with Gasteiger partial charge in [-0.2, -0.15) is 0 Å². The summed E-state index contributed by atoms with van der Waals surface area (Å²) in [5, 5.41) is 9.49. The van der Waals surface area contributed by atoms with Gasteiger partial charge in [0.1, 0.15) is 0 Å². The Morgan fingerprint density at radius 1 is 0.700 bits per heavy atom. The second-order valence-electron chi connectivity index (χ2n) is 6.53. The first-order valence-electron chi connectivity index (χ1n) is 8.43. The van der Waals surface area contributed by atoms with E-state index in [9.17, 15) is 5.02 Å². The average molecular weight is 286 g/mol. The number of hydrogen-bond donors (Lipinski definition) is 1. The van der Waals surface area contributed by atoms with Crippen LogP contribution in [0.5, 0.6) is 0 Å². The van der Waals surface area contributed by atoms with Gasteiger partial charge in [-0.3, -0.25) is 0 Å². The third kappa shape index (κ3) is 16.0. The molecule has 0 aromatic heterocycles. The van der Waals surface area contributed by atoms with Crippen molar-refractivity contribution in [2.75, 3.05) is 13.2 Å². The quantitative estimate of drug-likeness (QED) is 0.379. The summed E-state index contributed by atoms with van der Waals surface area (Å²) in [6.07, 6.45) is 9.37. The van der Waals surface area contributed by atoms with Crippen molar-refractivity contribution in [3.8, 4) is 0 Å². The van der Waals surface area contributed by atoms with Crippen molar-refractivity contribution in [2.24, 2.45) is 11.8 Å². The van der Waals surface area contributed by atoms with Gasteiger partial charge in [0.2, 0.25) is 0 Å². The lowest BCUT2D eigenvalue weighted by molar-refractivity contribution is 0.128. The number of rotatable bonds is 14. The molecule has 0 heterocycles. The fourth-order valence-corrected chi connectivity index (χ4v) is 2.08. The molecule has 0 spiro atoms. The van der Waals surface area contributed by atoms with E-state index in [1.165, 1.54) is 38.5 Å².